The third-order valence-corrected chi connectivity index (χ3v) is 1.80. The minimum Gasteiger partial charge on any atom is -0.467 e. The second kappa shape index (κ2) is 5.47. The Morgan fingerprint density at radius 3 is 3.07 bits per heavy atom. The lowest BCUT2D eigenvalue weighted by Gasteiger charge is -2.13. The van der Waals surface area contributed by atoms with Gasteiger partial charge in [-0.05, 0) is 17.7 Å². The fraction of sp³-hybridized carbons (Fsp3) is 0.375. The maximum atomic E-state index is 11.1. The summed E-state index contributed by atoms with van der Waals surface area (Å²) in [6, 6.07) is 0.665. The van der Waals surface area contributed by atoms with E-state index in [9.17, 15) is 4.79 Å². The Hall–Kier alpha value is -1.40. The van der Waals surface area contributed by atoms with Crippen LogP contribution in [0.25, 0.3) is 0 Å². The van der Waals surface area contributed by atoms with E-state index in [0.717, 1.165) is 0 Å². The van der Waals surface area contributed by atoms with Crippen molar-refractivity contribution in [2.75, 3.05) is 19.0 Å². The Kier molecular flexibility index (Phi) is 4.26. The van der Waals surface area contributed by atoms with E-state index in [1.807, 2.05) is 0 Å². The van der Waals surface area contributed by atoms with Crippen molar-refractivity contribution in [1.82, 2.24) is 9.97 Å². The first kappa shape index (κ1) is 11.7. The number of hydrogen-bond acceptors (Lipinski definition) is 6. The molecule has 1 atom stereocenters. The number of aliphatic hydroxyl groups is 1. The number of nitrogens with one attached hydrogen (secondary N) is 1. The number of methoxy groups -OCH3 is 1. The van der Waals surface area contributed by atoms with Gasteiger partial charge < -0.3 is 15.2 Å². The third-order valence-electron chi connectivity index (χ3n) is 1.62. The molecular weight excluding hydrogens is 222 g/mol. The summed E-state index contributed by atoms with van der Waals surface area (Å²) in [5, 5.41) is 11.6. The van der Waals surface area contributed by atoms with Crippen LogP contribution in [0, 0.1) is 0 Å². The lowest BCUT2D eigenvalue weighted by Crippen LogP contribution is -2.34. The van der Waals surface area contributed by atoms with Crippen LogP contribution in [0.4, 0.5) is 5.82 Å². The molecule has 1 unspecified atom stereocenters. The molecule has 0 saturated carbocycles. The van der Waals surface area contributed by atoms with E-state index in [4.69, 9.17) is 16.7 Å². The molecule has 0 aliphatic rings. The lowest BCUT2D eigenvalue weighted by atomic mass is 10.3. The highest BCUT2D eigenvalue weighted by Crippen LogP contribution is 2.07. The van der Waals surface area contributed by atoms with E-state index in [1.165, 1.54) is 19.4 Å². The van der Waals surface area contributed by atoms with Crippen molar-refractivity contribution in [2.24, 2.45) is 0 Å². The molecule has 1 rings (SSSR count). The van der Waals surface area contributed by atoms with Crippen molar-refractivity contribution >= 4 is 23.4 Å². The first-order valence-corrected chi connectivity index (χ1v) is 4.49. The Morgan fingerprint density at radius 2 is 2.53 bits per heavy atom. The molecule has 1 aromatic rings. The zero-order valence-electron chi connectivity index (χ0n) is 7.98. The van der Waals surface area contributed by atoms with Gasteiger partial charge in [0, 0.05) is 6.20 Å². The number of hydrogen-bond donors (Lipinski definition) is 2. The van der Waals surface area contributed by atoms with E-state index in [0.29, 0.717) is 5.82 Å². The van der Waals surface area contributed by atoms with Crippen LogP contribution in [0.3, 0.4) is 0 Å². The number of aliphatic hydroxyl groups excluding tert-OH is 1. The Balaban J connectivity index is 2.70. The summed E-state index contributed by atoms with van der Waals surface area (Å²) in [4.78, 5) is 18.6. The summed E-state index contributed by atoms with van der Waals surface area (Å²) >= 11 is 5.54. The van der Waals surface area contributed by atoms with Crippen molar-refractivity contribution < 1.29 is 14.6 Å². The molecule has 7 heteroatoms. The lowest BCUT2D eigenvalue weighted by molar-refractivity contribution is -0.142. The van der Waals surface area contributed by atoms with Crippen LogP contribution in [-0.4, -0.2) is 40.8 Å². The number of halogens is 1. The molecule has 0 spiro atoms. The van der Waals surface area contributed by atoms with E-state index in [1.54, 1.807) is 0 Å². The van der Waals surface area contributed by atoms with Gasteiger partial charge in [0.05, 0.1) is 13.7 Å². The van der Waals surface area contributed by atoms with Crippen molar-refractivity contribution in [1.29, 1.82) is 0 Å². The largest absolute Gasteiger partial charge is 0.467 e. The van der Waals surface area contributed by atoms with Crippen LogP contribution in [0.15, 0.2) is 12.3 Å². The first-order valence-electron chi connectivity index (χ1n) is 4.11. The number of carbonyl (C=O) groups excluding carboxylic acids is 1. The van der Waals surface area contributed by atoms with Gasteiger partial charge in [-0.25, -0.2) is 14.8 Å². The predicted octanol–water partition coefficient (Wildman–Crippen LogP) is 0.0758. The second-order valence-corrected chi connectivity index (χ2v) is 2.95. The topological polar surface area (TPSA) is 84.3 Å². The molecule has 1 heterocycles. The Labute approximate surface area is 91.3 Å². The van der Waals surface area contributed by atoms with Gasteiger partial charge in [-0.1, -0.05) is 0 Å². The summed E-state index contributed by atoms with van der Waals surface area (Å²) < 4.78 is 4.47. The van der Waals surface area contributed by atoms with Gasteiger partial charge in [0.1, 0.15) is 11.9 Å². The zero-order valence-corrected chi connectivity index (χ0v) is 8.73. The second-order valence-electron chi connectivity index (χ2n) is 2.61. The molecular formula is C8H10ClN3O3. The van der Waals surface area contributed by atoms with Crippen LogP contribution in [0.2, 0.25) is 5.28 Å². The summed E-state index contributed by atoms with van der Waals surface area (Å²) in [5.41, 5.74) is 0. The smallest absolute Gasteiger partial charge is 0.330 e. The van der Waals surface area contributed by atoms with E-state index in [2.05, 4.69) is 20.0 Å². The van der Waals surface area contributed by atoms with Crippen molar-refractivity contribution in [3.05, 3.63) is 17.5 Å². The van der Waals surface area contributed by atoms with Crippen molar-refractivity contribution in [2.45, 2.75) is 6.04 Å². The number of rotatable bonds is 4. The number of anilines is 1. The molecule has 0 amide bonds. The maximum Gasteiger partial charge on any atom is 0.330 e. The average Bonchev–Trinajstić information content (AvgIpc) is 2.25. The number of ether oxygens (including phenoxy) is 1. The normalized spacial score (nSPS) is 11.9. The van der Waals surface area contributed by atoms with Gasteiger partial charge in [0.25, 0.3) is 0 Å². The molecule has 1 aromatic heterocycles. The molecule has 6 nitrogen and oxygen atoms in total. The molecule has 15 heavy (non-hydrogen) atoms. The van der Waals surface area contributed by atoms with E-state index < -0.39 is 18.6 Å². The SMILES string of the molecule is COC(=O)C(CO)Nc1ccnc(Cl)n1. The third kappa shape index (κ3) is 3.34. The highest BCUT2D eigenvalue weighted by Gasteiger charge is 2.18. The summed E-state index contributed by atoms with van der Waals surface area (Å²) in [6.45, 7) is -0.395. The molecule has 0 fully saturated rings. The van der Waals surface area contributed by atoms with Crippen LogP contribution in [0.1, 0.15) is 0 Å². The van der Waals surface area contributed by atoms with E-state index in [-0.39, 0.29) is 5.28 Å². The quantitative estimate of drug-likeness (QED) is 0.564. The van der Waals surface area contributed by atoms with Gasteiger partial charge in [0.15, 0.2) is 0 Å². The van der Waals surface area contributed by atoms with Gasteiger partial charge in [-0.15, -0.1) is 0 Å². The minimum atomic E-state index is -0.860. The van der Waals surface area contributed by atoms with Gasteiger partial charge >= 0.3 is 5.97 Å². The van der Waals surface area contributed by atoms with Gasteiger partial charge in [0.2, 0.25) is 5.28 Å². The summed E-state index contributed by atoms with van der Waals surface area (Å²) in [5.74, 6) is -0.230. The van der Waals surface area contributed by atoms with Crippen LogP contribution >= 0.6 is 11.6 Å². The molecule has 0 aliphatic carbocycles. The van der Waals surface area contributed by atoms with E-state index >= 15 is 0 Å². The zero-order chi connectivity index (χ0) is 11.3. The van der Waals surface area contributed by atoms with Crippen LogP contribution in [-0.2, 0) is 9.53 Å². The summed E-state index contributed by atoms with van der Waals surface area (Å²) in [6.07, 6.45) is 1.43. The molecule has 0 aromatic carbocycles. The number of aromatic nitrogens is 2. The fourth-order valence-corrected chi connectivity index (χ4v) is 1.06. The van der Waals surface area contributed by atoms with Gasteiger partial charge in [-0.3, -0.25) is 0 Å². The highest BCUT2D eigenvalue weighted by molar-refractivity contribution is 6.28. The average molecular weight is 232 g/mol. The molecule has 0 saturated heterocycles. The monoisotopic (exact) mass is 231 g/mol. The van der Waals surface area contributed by atoms with Crippen LogP contribution in [0.5, 0.6) is 0 Å². The Bertz CT molecular complexity index is 348. The number of esters is 1. The fourth-order valence-electron chi connectivity index (χ4n) is 0.915. The number of nitrogens with zero attached hydrogens (tertiary/aromatic N) is 2. The Morgan fingerprint density at radius 1 is 1.80 bits per heavy atom. The van der Waals surface area contributed by atoms with Crippen molar-refractivity contribution in [3.63, 3.8) is 0 Å². The predicted molar refractivity (Wildman–Crippen MR) is 53.6 cm³/mol. The minimum absolute atomic E-state index is 0.0570. The molecule has 0 bridgehead atoms. The standard InChI is InChI=1S/C8H10ClN3O3/c1-15-7(14)5(4-13)11-6-2-3-10-8(9)12-6/h2-3,5,13H,4H2,1H3,(H,10,11,12). The molecule has 82 valence electrons. The first-order chi connectivity index (χ1) is 7.17. The molecule has 2 N–H and O–H groups in total. The maximum absolute atomic E-state index is 11.1. The van der Waals surface area contributed by atoms with Crippen LogP contribution < -0.4 is 5.32 Å². The summed E-state index contributed by atoms with van der Waals surface area (Å²) in [7, 11) is 1.24. The number of carbonyl (C=O) groups is 1. The molecule has 0 aliphatic heterocycles. The van der Waals surface area contributed by atoms with Crippen molar-refractivity contribution in [3.8, 4) is 0 Å². The molecule has 0 radical (unpaired) electrons. The van der Waals surface area contributed by atoms with Gasteiger partial charge in [-0.2, -0.15) is 0 Å². The highest BCUT2D eigenvalue weighted by atomic mass is 35.5.